The van der Waals surface area contributed by atoms with E-state index in [-0.39, 0.29) is 5.54 Å². The van der Waals surface area contributed by atoms with Gasteiger partial charge in [0.05, 0.1) is 6.26 Å². The maximum atomic E-state index is 11.7. The van der Waals surface area contributed by atoms with E-state index in [2.05, 4.69) is 11.5 Å². The third kappa shape index (κ3) is 2.56. The summed E-state index contributed by atoms with van der Waals surface area (Å²) in [5.74, 6) is 0. The molecule has 0 amide bonds. The van der Waals surface area contributed by atoms with E-state index in [1.807, 2.05) is 6.08 Å². The zero-order valence-electron chi connectivity index (χ0n) is 10.6. The largest absolute Gasteiger partial charge is 0.293 e. The van der Waals surface area contributed by atoms with Crippen molar-refractivity contribution < 1.29 is 8.42 Å². The van der Waals surface area contributed by atoms with Gasteiger partial charge >= 0.3 is 0 Å². The van der Waals surface area contributed by atoms with Crippen LogP contribution in [0.25, 0.3) is 0 Å². The predicted octanol–water partition coefficient (Wildman–Crippen LogP) is 1.06. The van der Waals surface area contributed by atoms with Crippen molar-refractivity contribution in [2.45, 2.75) is 31.2 Å². The van der Waals surface area contributed by atoms with Crippen molar-refractivity contribution in [3.8, 4) is 0 Å². The molecule has 0 radical (unpaired) electrons. The fourth-order valence-electron chi connectivity index (χ4n) is 3.25. The van der Waals surface area contributed by atoms with Gasteiger partial charge in [-0.3, -0.25) is 4.90 Å². The molecule has 0 aromatic rings. The topological polar surface area (TPSA) is 40.6 Å². The first-order valence-electron chi connectivity index (χ1n) is 6.29. The van der Waals surface area contributed by atoms with Crippen LogP contribution < -0.4 is 0 Å². The first-order chi connectivity index (χ1) is 7.98. The van der Waals surface area contributed by atoms with Crippen molar-refractivity contribution in [1.82, 2.24) is 9.21 Å². The second kappa shape index (κ2) is 4.71. The van der Waals surface area contributed by atoms with Crippen molar-refractivity contribution >= 4 is 10.0 Å². The number of hydrogen-bond donors (Lipinski definition) is 0. The van der Waals surface area contributed by atoms with E-state index in [4.69, 9.17) is 0 Å². The van der Waals surface area contributed by atoms with Crippen LogP contribution in [0.15, 0.2) is 12.7 Å². The van der Waals surface area contributed by atoms with Gasteiger partial charge in [-0.15, -0.1) is 6.58 Å². The first kappa shape index (κ1) is 13.1. The molecule has 0 bridgehead atoms. The lowest BCUT2D eigenvalue weighted by Crippen LogP contribution is -2.56. The molecule has 1 unspecified atom stereocenters. The molecule has 0 N–H and O–H groups in total. The smallest absolute Gasteiger partial charge is 0.211 e. The van der Waals surface area contributed by atoms with Gasteiger partial charge in [0, 0.05) is 25.2 Å². The standard InChI is InChI=1S/C12H22N2O2S/c1-3-8-13-9-4-6-12(13)7-5-10-14(11-12)17(2,15)16/h3H,1,4-11H2,2H3. The summed E-state index contributed by atoms with van der Waals surface area (Å²) in [4.78, 5) is 2.41. The molecule has 2 rings (SSSR count). The third-order valence-electron chi connectivity index (χ3n) is 4.08. The molecule has 2 aliphatic rings. The Morgan fingerprint density at radius 2 is 1.94 bits per heavy atom. The summed E-state index contributed by atoms with van der Waals surface area (Å²) >= 11 is 0. The fourth-order valence-corrected chi connectivity index (χ4v) is 4.19. The van der Waals surface area contributed by atoms with Crippen molar-refractivity contribution in [3.63, 3.8) is 0 Å². The minimum Gasteiger partial charge on any atom is -0.293 e. The number of nitrogens with zero attached hydrogens (tertiary/aromatic N) is 2. The molecule has 0 aromatic carbocycles. The molecule has 2 saturated heterocycles. The lowest BCUT2D eigenvalue weighted by atomic mass is 9.87. The number of sulfonamides is 1. The zero-order chi connectivity index (χ0) is 12.5. The van der Waals surface area contributed by atoms with E-state index in [9.17, 15) is 8.42 Å². The van der Waals surface area contributed by atoms with Gasteiger partial charge in [0.2, 0.25) is 10.0 Å². The highest BCUT2D eigenvalue weighted by Gasteiger charge is 2.44. The molecule has 2 fully saturated rings. The molecule has 5 heteroatoms. The monoisotopic (exact) mass is 258 g/mol. The van der Waals surface area contributed by atoms with Crippen LogP contribution in [0.4, 0.5) is 0 Å². The maximum Gasteiger partial charge on any atom is 0.211 e. The number of hydrogen-bond acceptors (Lipinski definition) is 3. The lowest BCUT2D eigenvalue weighted by molar-refractivity contribution is 0.0844. The Morgan fingerprint density at radius 1 is 1.29 bits per heavy atom. The van der Waals surface area contributed by atoms with Crippen LogP contribution in [-0.2, 0) is 10.0 Å². The van der Waals surface area contributed by atoms with Crippen molar-refractivity contribution in [2.24, 2.45) is 0 Å². The Morgan fingerprint density at radius 3 is 2.53 bits per heavy atom. The van der Waals surface area contributed by atoms with E-state index in [1.165, 1.54) is 12.7 Å². The molecule has 1 spiro atoms. The fraction of sp³-hybridized carbons (Fsp3) is 0.833. The maximum absolute atomic E-state index is 11.7. The van der Waals surface area contributed by atoms with Crippen molar-refractivity contribution in [1.29, 1.82) is 0 Å². The van der Waals surface area contributed by atoms with Crippen molar-refractivity contribution in [2.75, 3.05) is 32.4 Å². The number of likely N-dealkylation sites (tertiary alicyclic amines) is 1. The van der Waals surface area contributed by atoms with Gasteiger partial charge in [0.25, 0.3) is 0 Å². The van der Waals surface area contributed by atoms with Crippen LogP contribution in [-0.4, -0.2) is 55.6 Å². The average Bonchev–Trinajstić information content (AvgIpc) is 2.61. The summed E-state index contributed by atoms with van der Waals surface area (Å²) in [7, 11) is -3.05. The molecular formula is C12H22N2O2S. The normalized spacial score (nSPS) is 32.1. The Labute approximate surface area is 104 Å². The quantitative estimate of drug-likeness (QED) is 0.711. The van der Waals surface area contributed by atoms with Crippen LogP contribution >= 0.6 is 0 Å². The predicted molar refractivity (Wildman–Crippen MR) is 69.4 cm³/mol. The number of piperidine rings is 1. The van der Waals surface area contributed by atoms with E-state index in [1.54, 1.807) is 4.31 Å². The zero-order valence-corrected chi connectivity index (χ0v) is 11.4. The molecule has 0 saturated carbocycles. The minimum absolute atomic E-state index is 0.0789. The van der Waals surface area contributed by atoms with Gasteiger partial charge in [-0.1, -0.05) is 6.08 Å². The van der Waals surface area contributed by atoms with Crippen LogP contribution in [0.3, 0.4) is 0 Å². The van der Waals surface area contributed by atoms with Crippen LogP contribution in [0, 0.1) is 0 Å². The van der Waals surface area contributed by atoms with Gasteiger partial charge in [-0.25, -0.2) is 12.7 Å². The Bertz CT molecular complexity index is 393. The van der Waals surface area contributed by atoms with Crippen molar-refractivity contribution in [3.05, 3.63) is 12.7 Å². The van der Waals surface area contributed by atoms with E-state index in [0.29, 0.717) is 13.1 Å². The first-order valence-corrected chi connectivity index (χ1v) is 8.14. The molecule has 98 valence electrons. The summed E-state index contributed by atoms with van der Waals surface area (Å²) in [5.41, 5.74) is 0.0789. The molecule has 0 aliphatic carbocycles. The Kier molecular flexibility index (Phi) is 3.61. The highest BCUT2D eigenvalue weighted by Crippen LogP contribution is 2.37. The molecule has 4 nitrogen and oxygen atoms in total. The second-order valence-electron chi connectivity index (χ2n) is 5.26. The summed E-state index contributed by atoms with van der Waals surface area (Å²) in [6.45, 7) is 7.09. The summed E-state index contributed by atoms with van der Waals surface area (Å²) in [6.07, 6.45) is 7.62. The summed E-state index contributed by atoms with van der Waals surface area (Å²) < 4.78 is 25.0. The van der Waals surface area contributed by atoms with Gasteiger partial charge in [0.15, 0.2) is 0 Å². The van der Waals surface area contributed by atoms with Crippen LogP contribution in [0.2, 0.25) is 0 Å². The minimum atomic E-state index is -3.05. The van der Waals surface area contributed by atoms with Gasteiger partial charge in [-0.05, 0) is 32.2 Å². The van der Waals surface area contributed by atoms with E-state index < -0.39 is 10.0 Å². The molecule has 17 heavy (non-hydrogen) atoms. The van der Waals surface area contributed by atoms with Crippen LogP contribution in [0.1, 0.15) is 25.7 Å². The molecule has 2 heterocycles. The molecule has 1 atom stereocenters. The Hall–Kier alpha value is -0.390. The van der Waals surface area contributed by atoms with Gasteiger partial charge in [-0.2, -0.15) is 0 Å². The average molecular weight is 258 g/mol. The third-order valence-corrected chi connectivity index (χ3v) is 5.33. The van der Waals surface area contributed by atoms with Gasteiger partial charge in [0.1, 0.15) is 0 Å². The molecule has 2 aliphatic heterocycles. The molecule has 0 aromatic heterocycles. The summed E-state index contributed by atoms with van der Waals surface area (Å²) in [5, 5.41) is 0. The highest BCUT2D eigenvalue weighted by molar-refractivity contribution is 7.88. The SMILES string of the molecule is C=CCN1CCCC12CCCN(S(C)(=O)=O)C2. The highest BCUT2D eigenvalue weighted by atomic mass is 32.2. The Balaban J connectivity index is 2.17. The van der Waals surface area contributed by atoms with E-state index >= 15 is 0 Å². The van der Waals surface area contributed by atoms with Gasteiger partial charge < -0.3 is 0 Å². The van der Waals surface area contributed by atoms with E-state index in [0.717, 1.165) is 32.4 Å². The van der Waals surface area contributed by atoms with Crippen LogP contribution in [0.5, 0.6) is 0 Å². The second-order valence-corrected chi connectivity index (χ2v) is 7.25. The lowest BCUT2D eigenvalue weighted by Gasteiger charge is -2.44. The summed E-state index contributed by atoms with van der Waals surface area (Å²) in [6, 6.07) is 0. The number of rotatable bonds is 3. The molecular weight excluding hydrogens is 236 g/mol.